The number of aromatic nitrogens is 2. The van der Waals surface area contributed by atoms with Gasteiger partial charge in [0.2, 0.25) is 5.88 Å². The van der Waals surface area contributed by atoms with Gasteiger partial charge in [0.1, 0.15) is 11.9 Å². The number of fused-ring (bicyclic) bond motifs is 1. The van der Waals surface area contributed by atoms with Crippen molar-refractivity contribution in [3.63, 3.8) is 0 Å². The van der Waals surface area contributed by atoms with E-state index < -0.39 is 0 Å². The molecule has 0 saturated carbocycles. The Morgan fingerprint density at radius 1 is 1.25 bits per heavy atom. The van der Waals surface area contributed by atoms with Gasteiger partial charge in [0.25, 0.3) is 0 Å². The molecule has 1 fully saturated rings. The van der Waals surface area contributed by atoms with Crippen molar-refractivity contribution in [2.45, 2.75) is 19.8 Å². The first-order chi connectivity index (χ1) is 13.7. The van der Waals surface area contributed by atoms with Gasteiger partial charge in [-0.1, -0.05) is 6.07 Å². The number of ether oxygens (including phenoxy) is 1. The van der Waals surface area contributed by atoms with Crippen molar-refractivity contribution < 1.29 is 9.13 Å². The second-order valence-electron chi connectivity index (χ2n) is 7.16. The van der Waals surface area contributed by atoms with E-state index in [0.29, 0.717) is 29.4 Å². The Kier molecular flexibility index (Phi) is 5.07. The van der Waals surface area contributed by atoms with Crippen LogP contribution in [0.3, 0.4) is 0 Å². The maximum Gasteiger partial charge on any atom is 0.213 e. The largest absolute Gasteiger partial charge is 0.477 e. The fourth-order valence-electron chi connectivity index (χ4n) is 3.80. The molecule has 0 bridgehead atoms. The van der Waals surface area contributed by atoms with Crippen LogP contribution in [-0.4, -0.2) is 29.7 Å². The zero-order valence-corrected chi connectivity index (χ0v) is 15.7. The Hall–Kier alpha value is -3.20. The Bertz CT molecular complexity index is 1020. The molecule has 1 aromatic carbocycles. The highest BCUT2D eigenvalue weighted by atomic mass is 19.1. The zero-order chi connectivity index (χ0) is 19.5. The van der Waals surface area contributed by atoms with E-state index in [1.165, 1.54) is 12.1 Å². The summed E-state index contributed by atoms with van der Waals surface area (Å²) in [6.45, 7) is 4.05. The SMILES string of the molecule is Cc1cc(F)cc2c(N3CCC(COc4ccccn4)CC3)c(C#N)cnc12. The lowest BCUT2D eigenvalue weighted by Gasteiger charge is -2.34. The van der Waals surface area contributed by atoms with Crippen molar-refractivity contribution in [1.29, 1.82) is 5.26 Å². The lowest BCUT2D eigenvalue weighted by molar-refractivity contribution is 0.216. The molecular weight excluding hydrogens is 355 g/mol. The highest BCUT2D eigenvalue weighted by Gasteiger charge is 2.24. The maximum atomic E-state index is 14.1. The van der Waals surface area contributed by atoms with E-state index in [-0.39, 0.29) is 5.82 Å². The Balaban J connectivity index is 1.53. The third-order valence-corrected chi connectivity index (χ3v) is 5.25. The fourth-order valence-corrected chi connectivity index (χ4v) is 3.80. The summed E-state index contributed by atoms with van der Waals surface area (Å²) in [5.41, 5.74) is 2.80. The van der Waals surface area contributed by atoms with E-state index in [1.54, 1.807) is 12.4 Å². The Morgan fingerprint density at radius 3 is 2.79 bits per heavy atom. The molecule has 0 N–H and O–H groups in total. The molecule has 3 aromatic rings. The summed E-state index contributed by atoms with van der Waals surface area (Å²) >= 11 is 0. The molecule has 0 aliphatic carbocycles. The van der Waals surface area contributed by atoms with Gasteiger partial charge >= 0.3 is 0 Å². The summed E-state index contributed by atoms with van der Waals surface area (Å²) in [4.78, 5) is 10.8. The number of benzene rings is 1. The summed E-state index contributed by atoms with van der Waals surface area (Å²) < 4.78 is 19.8. The normalized spacial score (nSPS) is 14.8. The lowest BCUT2D eigenvalue weighted by atomic mass is 9.96. The van der Waals surface area contributed by atoms with Crippen LogP contribution in [0, 0.1) is 30.0 Å². The molecule has 1 saturated heterocycles. The number of pyridine rings is 2. The predicted molar refractivity (Wildman–Crippen MR) is 106 cm³/mol. The monoisotopic (exact) mass is 376 g/mol. The van der Waals surface area contributed by atoms with Gasteiger partial charge in [-0.25, -0.2) is 9.37 Å². The fraction of sp³-hybridized carbons (Fsp3) is 0.318. The minimum absolute atomic E-state index is 0.304. The van der Waals surface area contributed by atoms with Crippen LogP contribution in [0.1, 0.15) is 24.0 Å². The van der Waals surface area contributed by atoms with Gasteiger partial charge < -0.3 is 9.64 Å². The van der Waals surface area contributed by atoms with Crippen LogP contribution in [0.4, 0.5) is 10.1 Å². The van der Waals surface area contributed by atoms with Crippen LogP contribution in [0.2, 0.25) is 0 Å². The molecular formula is C22H21FN4O. The summed E-state index contributed by atoms with van der Waals surface area (Å²) in [6, 6.07) is 10.8. The summed E-state index contributed by atoms with van der Waals surface area (Å²) in [5, 5.41) is 10.3. The number of halogens is 1. The van der Waals surface area contributed by atoms with Crippen LogP contribution < -0.4 is 9.64 Å². The number of rotatable bonds is 4. The van der Waals surface area contributed by atoms with Gasteiger partial charge in [0.05, 0.1) is 23.4 Å². The molecule has 1 aliphatic heterocycles. The molecule has 5 nitrogen and oxygen atoms in total. The van der Waals surface area contributed by atoms with Crippen molar-refractivity contribution in [1.82, 2.24) is 9.97 Å². The summed E-state index contributed by atoms with van der Waals surface area (Å²) in [7, 11) is 0. The molecule has 28 heavy (non-hydrogen) atoms. The van der Waals surface area contributed by atoms with Gasteiger partial charge in [0, 0.05) is 36.9 Å². The Labute approximate surface area is 163 Å². The highest BCUT2D eigenvalue weighted by molar-refractivity contribution is 5.96. The number of hydrogen-bond donors (Lipinski definition) is 0. The van der Waals surface area contributed by atoms with Crippen molar-refractivity contribution in [2.24, 2.45) is 5.92 Å². The lowest BCUT2D eigenvalue weighted by Crippen LogP contribution is -2.36. The maximum absolute atomic E-state index is 14.1. The van der Waals surface area contributed by atoms with Crippen molar-refractivity contribution >= 4 is 16.6 Å². The van der Waals surface area contributed by atoms with E-state index >= 15 is 0 Å². The first-order valence-corrected chi connectivity index (χ1v) is 9.43. The average Bonchev–Trinajstić information content (AvgIpc) is 2.72. The number of anilines is 1. The molecule has 0 unspecified atom stereocenters. The first kappa shape index (κ1) is 18.2. The number of hydrogen-bond acceptors (Lipinski definition) is 5. The van der Waals surface area contributed by atoms with Gasteiger partial charge in [-0.3, -0.25) is 4.98 Å². The molecule has 0 spiro atoms. The molecule has 2 aromatic heterocycles. The molecule has 0 amide bonds. The van der Waals surface area contributed by atoms with Crippen molar-refractivity contribution in [3.05, 3.63) is 59.7 Å². The minimum Gasteiger partial charge on any atom is -0.477 e. The smallest absolute Gasteiger partial charge is 0.213 e. The number of aryl methyl sites for hydroxylation is 1. The highest BCUT2D eigenvalue weighted by Crippen LogP contribution is 2.34. The number of nitrogens with zero attached hydrogens (tertiary/aromatic N) is 4. The summed E-state index contributed by atoms with van der Waals surface area (Å²) in [5.74, 6) is 0.764. The number of piperidine rings is 1. The standard InChI is InChI=1S/C22H21FN4O/c1-15-10-18(23)11-19-21(15)26-13-17(12-24)22(19)27-8-5-16(6-9-27)14-28-20-4-2-3-7-25-20/h2-4,7,10-11,13,16H,5-6,8-9,14H2,1H3. The molecule has 0 atom stereocenters. The molecule has 3 heterocycles. The van der Waals surface area contributed by atoms with Crippen LogP contribution in [0.25, 0.3) is 10.9 Å². The van der Waals surface area contributed by atoms with Crippen molar-refractivity contribution in [3.8, 4) is 11.9 Å². The van der Waals surface area contributed by atoms with E-state index in [1.807, 2.05) is 25.1 Å². The van der Waals surface area contributed by atoms with Crippen LogP contribution in [0.15, 0.2) is 42.7 Å². The van der Waals surface area contributed by atoms with Gasteiger partial charge in [-0.15, -0.1) is 0 Å². The number of nitriles is 1. The first-order valence-electron chi connectivity index (χ1n) is 9.43. The van der Waals surface area contributed by atoms with Crippen LogP contribution >= 0.6 is 0 Å². The van der Waals surface area contributed by atoms with E-state index in [2.05, 4.69) is 20.9 Å². The predicted octanol–water partition coefficient (Wildman–Crippen LogP) is 4.24. The average molecular weight is 376 g/mol. The molecule has 142 valence electrons. The second-order valence-corrected chi connectivity index (χ2v) is 7.16. The third-order valence-electron chi connectivity index (χ3n) is 5.25. The topological polar surface area (TPSA) is 62.0 Å². The van der Waals surface area contributed by atoms with E-state index in [4.69, 9.17) is 4.74 Å². The Morgan fingerprint density at radius 2 is 2.07 bits per heavy atom. The molecule has 4 rings (SSSR count). The van der Waals surface area contributed by atoms with Crippen LogP contribution in [0.5, 0.6) is 5.88 Å². The third kappa shape index (κ3) is 3.61. The van der Waals surface area contributed by atoms with Gasteiger partial charge in [0.15, 0.2) is 0 Å². The van der Waals surface area contributed by atoms with Crippen molar-refractivity contribution in [2.75, 3.05) is 24.6 Å². The molecule has 6 heteroatoms. The van der Waals surface area contributed by atoms with Gasteiger partial charge in [-0.2, -0.15) is 5.26 Å². The van der Waals surface area contributed by atoms with E-state index in [0.717, 1.165) is 42.7 Å². The summed E-state index contributed by atoms with van der Waals surface area (Å²) in [6.07, 6.45) is 5.20. The molecule has 0 radical (unpaired) electrons. The second kappa shape index (κ2) is 7.81. The minimum atomic E-state index is -0.304. The van der Waals surface area contributed by atoms with Gasteiger partial charge in [-0.05, 0) is 49.4 Å². The molecule has 1 aliphatic rings. The quantitative estimate of drug-likeness (QED) is 0.681. The van der Waals surface area contributed by atoms with E-state index in [9.17, 15) is 9.65 Å². The zero-order valence-electron chi connectivity index (χ0n) is 15.7. The van der Waals surface area contributed by atoms with Crippen LogP contribution in [-0.2, 0) is 0 Å².